The Morgan fingerprint density at radius 3 is 2.12 bits per heavy atom. The number of fused-ring (bicyclic) bond motifs is 1. The maximum atomic E-state index is 11.8. The molecular formula is C11H10BrNO3. The van der Waals surface area contributed by atoms with Crippen molar-refractivity contribution in [3.05, 3.63) is 35.4 Å². The molecule has 2 amide bonds. The van der Waals surface area contributed by atoms with Crippen LogP contribution in [-0.2, 0) is 0 Å². The maximum Gasteiger partial charge on any atom is 0.261 e. The van der Waals surface area contributed by atoms with Crippen molar-refractivity contribution in [1.82, 2.24) is 4.90 Å². The quantitative estimate of drug-likeness (QED) is 0.666. The lowest BCUT2D eigenvalue weighted by molar-refractivity contribution is 0.0568. The number of alkyl halides is 1. The number of β-amino-alcohol motifs (C(OH)–C–C–N with tert-alkyl or cyclic N) is 1. The molecule has 0 saturated heterocycles. The van der Waals surface area contributed by atoms with Crippen LogP contribution in [0, 0.1) is 0 Å². The van der Waals surface area contributed by atoms with Crippen molar-refractivity contribution >= 4 is 27.7 Å². The van der Waals surface area contributed by atoms with Crippen LogP contribution in [0.4, 0.5) is 0 Å². The van der Waals surface area contributed by atoms with E-state index in [2.05, 4.69) is 15.9 Å². The van der Waals surface area contributed by atoms with Crippen LogP contribution in [0.5, 0.6) is 0 Å². The Balaban J connectivity index is 2.28. The minimum absolute atomic E-state index is 0.0254. The van der Waals surface area contributed by atoms with E-state index in [0.29, 0.717) is 16.5 Å². The summed E-state index contributed by atoms with van der Waals surface area (Å²) >= 11 is 3.10. The zero-order valence-corrected chi connectivity index (χ0v) is 9.98. The molecule has 0 radical (unpaired) electrons. The second kappa shape index (κ2) is 4.35. The first-order valence-electron chi connectivity index (χ1n) is 4.84. The first kappa shape index (κ1) is 11.3. The van der Waals surface area contributed by atoms with Gasteiger partial charge in [0.1, 0.15) is 0 Å². The molecule has 0 bridgehead atoms. The van der Waals surface area contributed by atoms with E-state index in [0.717, 1.165) is 4.90 Å². The standard InChI is InChI=1S/C11H10BrNO3/c12-5-7(14)6-13-10(15)8-3-1-2-4-9(8)11(13)16/h1-4,7,14H,5-6H2/t7-/m1/s1. The number of aliphatic hydroxyl groups excluding tert-OH is 1. The van der Waals surface area contributed by atoms with Crippen molar-refractivity contribution in [2.45, 2.75) is 6.10 Å². The van der Waals surface area contributed by atoms with Gasteiger partial charge in [0.25, 0.3) is 11.8 Å². The van der Waals surface area contributed by atoms with E-state index in [4.69, 9.17) is 0 Å². The van der Waals surface area contributed by atoms with Crippen molar-refractivity contribution in [1.29, 1.82) is 0 Å². The van der Waals surface area contributed by atoms with Gasteiger partial charge in [-0.15, -0.1) is 0 Å². The maximum absolute atomic E-state index is 11.8. The summed E-state index contributed by atoms with van der Waals surface area (Å²) in [6.07, 6.45) is -0.734. The van der Waals surface area contributed by atoms with Crippen molar-refractivity contribution in [3.63, 3.8) is 0 Å². The lowest BCUT2D eigenvalue weighted by atomic mass is 10.1. The van der Waals surface area contributed by atoms with E-state index in [1.54, 1.807) is 24.3 Å². The van der Waals surface area contributed by atoms with E-state index in [-0.39, 0.29) is 18.4 Å². The van der Waals surface area contributed by atoms with Crippen molar-refractivity contribution < 1.29 is 14.7 Å². The normalized spacial score (nSPS) is 16.5. The molecule has 1 aliphatic heterocycles. The fourth-order valence-electron chi connectivity index (χ4n) is 1.66. The van der Waals surface area contributed by atoms with E-state index >= 15 is 0 Å². The van der Waals surface area contributed by atoms with E-state index in [1.165, 1.54) is 0 Å². The average Bonchev–Trinajstić information content (AvgIpc) is 2.55. The summed E-state index contributed by atoms with van der Waals surface area (Å²) < 4.78 is 0. The predicted molar refractivity (Wildman–Crippen MR) is 61.6 cm³/mol. The van der Waals surface area contributed by atoms with Crippen LogP contribution in [0.1, 0.15) is 20.7 Å². The molecule has 0 saturated carbocycles. The number of amides is 2. The average molecular weight is 284 g/mol. The van der Waals surface area contributed by atoms with Gasteiger partial charge in [0.05, 0.1) is 23.8 Å². The largest absolute Gasteiger partial charge is 0.390 e. The van der Waals surface area contributed by atoms with Gasteiger partial charge in [0.15, 0.2) is 0 Å². The van der Waals surface area contributed by atoms with Gasteiger partial charge in [-0.2, -0.15) is 0 Å². The van der Waals surface area contributed by atoms with Gasteiger partial charge < -0.3 is 5.11 Å². The highest BCUT2D eigenvalue weighted by molar-refractivity contribution is 9.09. The highest BCUT2D eigenvalue weighted by atomic mass is 79.9. The number of halogens is 1. The third kappa shape index (κ3) is 1.76. The van der Waals surface area contributed by atoms with Crippen LogP contribution in [0.25, 0.3) is 0 Å². The van der Waals surface area contributed by atoms with Crippen LogP contribution in [0.3, 0.4) is 0 Å². The number of aliphatic hydroxyl groups is 1. The summed E-state index contributed by atoms with van der Waals surface area (Å²) in [6.45, 7) is 0.0254. The van der Waals surface area contributed by atoms with Crippen LogP contribution in [0.2, 0.25) is 0 Å². The van der Waals surface area contributed by atoms with Gasteiger partial charge in [0, 0.05) is 5.33 Å². The van der Waals surface area contributed by atoms with Gasteiger partial charge in [-0.05, 0) is 12.1 Å². The van der Waals surface area contributed by atoms with E-state index < -0.39 is 6.10 Å². The Hall–Kier alpha value is -1.20. The molecular weight excluding hydrogens is 274 g/mol. The summed E-state index contributed by atoms with van der Waals surface area (Å²) in [5.41, 5.74) is 0.823. The fraction of sp³-hybridized carbons (Fsp3) is 0.273. The molecule has 1 atom stereocenters. The number of rotatable bonds is 3. The van der Waals surface area contributed by atoms with Gasteiger partial charge in [-0.25, -0.2) is 0 Å². The zero-order chi connectivity index (χ0) is 11.7. The molecule has 0 unspecified atom stereocenters. The highest BCUT2D eigenvalue weighted by Gasteiger charge is 2.35. The van der Waals surface area contributed by atoms with E-state index in [9.17, 15) is 14.7 Å². The highest BCUT2D eigenvalue weighted by Crippen LogP contribution is 2.22. The monoisotopic (exact) mass is 283 g/mol. The minimum Gasteiger partial charge on any atom is -0.390 e. The first-order valence-corrected chi connectivity index (χ1v) is 5.96. The molecule has 2 rings (SSSR count). The second-order valence-corrected chi connectivity index (χ2v) is 4.22. The number of imide groups is 1. The molecule has 1 N–H and O–H groups in total. The topological polar surface area (TPSA) is 57.6 Å². The molecule has 1 heterocycles. The van der Waals surface area contributed by atoms with Gasteiger partial charge in [-0.3, -0.25) is 14.5 Å². The van der Waals surface area contributed by atoms with Crippen molar-refractivity contribution in [2.24, 2.45) is 0 Å². The Labute approximate surface area is 101 Å². The third-order valence-corrected chi connectivity index (χ3v) is 3.20. The molecule has 0 fully saturated rings. The Bertz CT molecular complexity index is 412. The summed E-state index contributed by atoms with van der Waals surface area (Å²) in [5, 5.41) is 9.77. The number of hydrogen-bond donors (Lipinski definition) is 1. The van der Waals surface area contributed by atoms with Gasteiger partial charge in [0.2, 0.25) is 0 Å². The van der Waals surface area contributed by atoms with Crippen LogP contribution < -0.4 is 0 Å². The van der Waals surface area contributed by atoms with Crippen LogP contribution >= 0.6 is 15.9 Å². The molecule has 0 aliphatic carbocycles. The lowest BCUT2D eigenvalue weighted by Crippen LogP contribution is -2.37. The molecule has 5 heteroatoms. The Morgan fingerprint density at radius 2 is 1.69 bits per heavy atom. The SMILES string of the molecule is O=C1c2ccccc2C(=O)N1C[C@H](O)CBr. The third-order valence-electron chi connectivity index (χ3n) is 2.45. The summed E-state index contributed by atoms with van der Waals surface area (Å²) in [4.78, 5) is 24.8. The molecule has 1 aliphatic rings. The summed E-state index contributed by atoms with van der Waals surface area (Å²) in [6, 6.07) is 6.68. The number of carbonyl (C=O) groups is 2. The number of nitrogens with zero attached hydrogens (tertiary/aromatic N) is 1. The first-order chi connectivity index (χ1) is 7.65. The van der Waals surface area contributed by atoms with Crippen molar-refractivity contribution in [2.75, 3.05) is 11.9 Å². The molecule has 1 aromatic carbocycles. The Kier molecular flexibility index (Phi) is 3.07. The summed E-state index contributed by atoms with van der Waals surface area (Å²) in [5.74, 6) is -0.666. The fourth-order valence-corrected chi connectivity index (χ4v) is 1.87. The molecule has 1 aromatic rings. The number of benzene rings is 1. The minimum atomic E-state index is -0.734. The Morgan fingerprint density at radius 1 is 1.19 bits per heavy atom. The molecule has 84 valence electrons. The van der Waals surface area contributed by atoms with E-state index in [1.807, 2.05) is 0 Å². The van der Waals surface area contributed by atoms with Gasteiger partial charge >= 0.3 is 0 Å². The van der Waals surface area contributed by atoms with Crippen LogP contribution in [-0.4, -0.2) is 39.8 Å². The molecule has 0 aromatic heterocycles. The predicted octanol–water partition coefficient (Wildman–Crippen LogP) is 1.04. The molecule has 0 spiro atoms. The summed E-state index contributed by atoms with van der Waals surface area (Å²) in [7, 11) is 0. The zero-order valence-electron chi connectivity index (χ0n) is 8.39. The van der Waals surface area contributed by atoms with Crippen LogP contribution in [0.15, 0.2) is 24.3 Å². The number of carbonyl (C=O) groups excluding carboxylic acids is 2. The molecule has 16 heavy (non-hydrogen) atoms. The second-order valence-electron chi connectivity index (χ2n) is 3.57. The lowest BCUT2D eigenvalue weighted by Gasteiger charge is -2.16. The van der Waals surface area contributed by atoms with Crippen molar-refractivity contribution in [3.8, 4) is 0 Å². The molecule has 4 nitrogen and oxygen atoms in total. The smallest absolute Gasteiger partial charge is 0.261 e. The van der Waals surface area contributed by atoms with Gasteiger partial charge in [-0.1, -0.05) is 28.1 Å². The number of hydrogen-bond acceptors (Lipinski definition) is 3.